The van der Waals surface area contributed by atoms with Gasteiger partial charge in [-0.25, -0.2) is 13.2 Å². The second kappa shape index (κ2) is 6.26. The Labute approximate surface area is 158 Å². The van der Waals surface area contributed by atoms with E-state index in [0.717, 1.165) is 10.0 Å². The third kappa shape index (κ3) is 3.65. The van der Waals surface area contributed by atoms with E-state index in [1.165, 1.54) is 23.5 Å². The summed E-state index contributed by atoms with van der Waals surface area (Å²) >= 11 is 4.80. The summed E-state index contributed by atoms with van der Waals surface area (Å²) in [5.41, 5.74) is 0.374. The summed E-state index contributed by atoms with van der Waals surface area (Å²) in [6, 6.07) is 8.09. The standard InChI is InChI=1S/C17H15BrO5S2/c1-17(2)14(10-4-6-12(7-5-10)25(3,20)21)15(16(19)23-17)22-11-8-13(18)24-9-11/h4-9H,1-3H3. The Morgan fingerprint density at radius 3 is 2.36 bits per heavy atom. The predicted molar refractivity (Wildman–Crippen MR) is 99.3 cm³/mol. The molecule has 132 valence electrons. The molecule has 1 aliphatic heterocycles. The highest BCUT2D eigenvalue weighted by Gasteiger charge is 2.43. The van der Waals surface area contributed by atoms with Crippen molar-refractivity contribution in [2.24, 2.45) is 0 Å². The smallest absolute Gasteiger partial charge is 0.375 e. The fourth-order valence-corrected chi connectivity index (χ4v) is 4.28. The molecule has 3 rings (SSSR count). The van der Waals surface area contributed by atoms with Gasteiger partial charge in [-0.1, -0.05) is 12.1 Å². The molecule has 0 atom stereocenters. The van der Waals surface area contributed by atoms with Crippen molar-refractivity contribution in [3.8, 4) is 5.75 Å². The van der Waals surface area contributed by atoms with Gasteiger partial charge in [-0.3, -0.25) is 0 Å². The summed E-state index contributed by atoms with van der Waals surface area (Å²) in [5.74, 6) is 0.101. The number of hydrogen-bond acceptors (Lipinski definition) is 6. The Balaban J connectivity index is 2.08. The normalized spacial score (nSPS) is 16.9. The number of sulfone groups is 1. The zero-order valence-corrected chi connectivity index (χ0v) is 16.9. The minimum Gasteiger partial charge on any atom is -0.449 e. The van der Waals surface area contributed by atoms with Crippen LogP contribution in [0.4, 0.5) is 0 Å². The first-order valence-corrected chi connectivity index (χ1v) is 10.8. The molecule has 0 saturated carbocycles. The van der Waals surface area contributed by atoms with E-state index in [1.54, 1.807) is 37.4 Å². The van der Waals surface area contributed by atoms with Crippen LogP contribution in [0, 0.1) is 0 Å². The zero-order valence-electron chi connectivity index (χ0n) is 13.7. The highest BCUT2D eigenvalue weighted by Crippen LogP contribution is 2.41. The van der Waals surface area contributed by atoms with Crippen LogP contribution in [0.2, 0.25) is 0 Å². The van der Waals surface area contributed by atoms with Crippen LogP contribution in [0.5, 0.6) is 5.75 Å². The summed E-state index contributed by atoms with van der Waals surface area (Å²) < 4.78 is 35.4. The predicted octanol–water partition coefficient (Wildman–Crippen LogP) is 4.04. The topological polar surface area (TPSA) is 69.7 Å². The molecule has 0 unspecified atom stereocenters. The molecule has 5 nitrogen and oxygen atoms in total. The van der Waals surface area contributed by atoms with Crippen molar-refractivity contribution in [2.45, 2.75) is 24.3 Å². The minimum atomic E-state index is -3.29. The van der Waals surface area contributed by atoms with Crippen molar-refractivity contribution in [1.29, 1.82) is 0 Å². The summed E-state index contributed by atoms with van der Waals surface area (Å²) in [6.45, 7) is 3.54. The van der Waals surface area contributed by atoms with Gasteiger partial charge < -0.3 is 9.47 Å². The van der Waals surface area contributed by atoms with E-state index in [-0.39, 0.29) is 10.7 Å². The van der Waals surface area contributed by atoms with Crippen LogP contribution in [0.25, 0.3) is 5.57 Å². The van der Waals surface area contributed by atoms with Crippen molar-refractivity contribution in [3.63, 3.8) is 0 Å². The van der Waals surface area contributed by atoms with Gasteiger partial charge in [0, 0.05) is 17.7 Å². The second-order valence-electron chi connectivity index (χ2n) is 6.09. The van der Waals surface area contributed by atoms with E-state index in [4.69, 9.17) is 9.47 Å². The average molecular weight is 443 g/mol. The number of esters is 1. The Hall–Kier alpha value is -1.64. The van der Waals surface area contributed by atoms with Crippen molar-refractivity contribution < 1.29 is 22.7 Å². The van der Waals surface area contributed by atoms with Crippen molar-refractivity contribution in [1.82, 2.24) is 0 Å². The first-order valence-electron chi connectivity index (χ1n) is 7.28. The number of carbonyl (C=O) groups excluding carboxylic acids is 1. The fourth-order valence-electron chi connectivity index (χ4n) is 2.61. The minimum absolute atomic E-state index is 0.113. The van der Waals surface area contributed by atoms with Crippen LogP contribution in [-0.2, 0) is 19.4 Å². The van der Waals surface area contributed by atoms with Crippen LogP contribution in [0.3, 0.4) is 0 Å². The first-order chi connectivity index (χ1) is 11.6. The van der Waals surface area contributed by atoms with Gasteiger partial charge in [0.25, 0.3) is 0 Å². The molecule has 25 heavy (non-hydrogen) atoms. The van der Waals surface area contributed by atoms with Gasteiger partial charge in [0.15, 0.2) is 9.84 Å². The van der Waals surface area contributed by atoms with E-state index in [9.17, 15) is 13.2 Å². The Morgan fingerprint density at radius 1 is 1.20 bits per heavy atom. The molecule has 0 spiro atoms. The van der Waals surface area contributed by atoms with E-state index >= 15 is 0 Å². The van der Waals surface area contributed by atoms with Gasteiger partial charge in [0.1, 0.15) is 11.4 Å². The van der Waals surface area contributed by atoms with Crippen LogP contribution in [0.1, 0.15) is 19.4 Å². The van der Waals surface area contributed by atoms with Crippen molar-refractivity contribution in [3.05, 3.63) is 50.8 Å². The molecule has 1 aromatic carbocycles. The molecular weight excluding hydrogens is 428 g/mol. The molecule has 2 aromatic rings. The van der Waals surface area contributed by atoms with E-state index in [0.29, 0.717) is 16.9 Å². The van der Waals surface area contributed by atoms with Gasteiger partial charge in [-0.15, -0.1) is 11.3 Å². The van der Waals surface area contributed by atoms with Gasteiger partial charge in [0.2, 0.25) is 5.76 Å². The molecule has 0 amide bonds. The largest absolute Gasteiger partial charge is 0.449 e. The monoisotopic (exact) mass is 442 g/mol. The number of carbonyl (C=O) groups is 1. The molecule has 8 heteroatoms. The molecule has 0 aliphatic carbocycles. The number of rotatable bonds is 4. The molecule has 1 aromatic heterocycles. The van der Waals surface area contributed by atoms with Crippen LogP contribution < -0.4 is 4.74 Å². The van der Waals surface area contributed by atoms with Crippen LogP contribution in [0.15, 0.2) is 50.2 Å². The van der Waals surface area contributed by atoms with Gasteiger partial charge >= 0.3 is 5.97 Å². The van der Waals surface area contributed by atoms with E-state index in [2.05, 4.69) is 15.9 Å². The van der Waals surface area contributed by atoms with Crippen LogP contribution in [-0.4, -0.2) is 26.2 Å². The molecular formula is C17H15BrO5S2. The van der Waals surface area contributed by atoms with Crippen LogP contribution >= 0.6 is 27.3 Å². The van der Waals surface area contributed by atoms with Gasteiger partial charge in [-0.05, 0) is 47.5 Å². The van der Waals surface area contributed by atoms with Crippen molar-refractivity contribution in [2.75, 3.05) is 6.26 Å². The van der Waals surface area contributed by atoms with Gasteiger partial charge in [0.05, 0.1) is 14.3 Å². The first kappa shape index (κ1) is 18.2. The fraction of sp³-hybridized carbons (Fsp3) is 0.235. The maximum atomic E-state index is 12.3. The second-order valence-corrected chi connectivity index (χ2v) is 10.4. The molecule has 0 saturated heterocycles. The summed E-state index contributed by atoms with van der Waals surface area (Å²) in [4.78, 5) is 12.5. The summed E-state index contributed by atoms with van der Waals surface area (Å²) in [5, 5.41) is 1.78. The lowest BCUT2D eigenvalue weighted by Crippen LogP contribution is -2.22. The summed E-state index contributed by atoms with van der Waals surface area (Å²) in [6.07, 6.45) is 1.15. The Bertz CT molecular complexity index is 969. The number of hydrogen-bond donors (Lipinski definition) is 0. The molecule has 1 aliphatic rings. The average Bonchev–Trinajstić information content (AvgIpc) is 2.99. The number of cyclic esters (lactones) is 1. The third-order valence-electron chi connectivity index (χ3n) is 3.70. The highest BCUT2D eigenvalue weighted by atomic mass is 79.9. The zero-order chi connectivity index (χ0) is 18.4. The lowest BCUT2D eigenvalue weighted by molar-refractivity contribution is -0.145. The third-order valence-corrected chi connectivity index (χ3v) is 6.31. The number of benzene rings is 1. The highest BCUT2D eigenvalue weighted by molar-refractivity contribution is 9.11. The number of ether oxygens (including phenoxy) is 2. The molecule has 2 heterocycles. The number of halogens is 1. The van der Waals surface area contributed by atoms with E-state index in [1.807, 2.05) is 0 Å². The van der Waals surface area contributed by atoms with Crippen molar-refractivity contribution >= 4 is 48.6 Å². The number of thiophene rings is 1. The molecule has 0 fully saturated rings. The maximum Gasteiger partial charge on any atom is 0.375 e. The Kier molecular flexibility index (Phi) is 4.55. The molecule has 0 N–H and O–H groups in total. The van der Waals surface area contributed by atoms with Gasteiger partial charge in [-0.2, -0.15) is 0 Å². The SMILES string of the molecule is CC1(C)OC(=O)C(Oc2csc(Br)c2)=C1c1ccc(S(C)(=O)=O)cc1. The Morgan fingerprint density at radius 2 is 1.84 bits per heavy atom. The van der Waals surface area contributed by atoms with E-state index < -0.39 is 21.4 Å². The quantitative estimate of drug-likeness (QED) is 0.668. The lowest BCUT2D eigenvalue weighted by Gasteiger charge is -2.21. The maximum absolute atomic E-state index is 12.3. The molecule has 0 radical (unpaired) electrons. The molecule has 0 bridgehead atoms. The summed E-state index contributed by atoms with van der Waals surface area (Å²) in [7, 11) is -3.29. The lowest BCUT2D eigenvalue weighted by atomic mass is 9.92.